The van der Waals surface area contributed by atoms with Crippen LogP contribution in [-0.4, -0.2) is 89.2 Å². The van der Waals surface area contributed by atoms with E-state index in [4.69, 9.17) is 23.7 Å². The second kappa shape index (κ2) is 55.6. The zero-order valence-corrected chi connectivity index (χ0v) is 50.5. The lowest BCUT2D eigenvalue weighted by molar-refractivity contribution is -0.301. The topological polar surface area (TPSA) is 175 Å². The van der Waals surface area contributed by atoms with E-state index in [1.807, 2.05) is 12.2 Å². The fraction of sp³-hybridized carbons (Fsp3) is 0.652. The summed E-state index contributed by atoms with van der Waals surface area (Å²) < 4.78 is 28.4. The van der Waals surface area contributed by atoms with Gasteiger partial charge in [0.1, 0.15) is 18.8 Å². The van der Waals surface area contributed by atoms with Gasteiger partial charge in [-0.05, 0) is 122 Å². The van der Waals surface area contributed by atoms with E-state index >= 15 is 0 Å². The number of unbranched alkanes of at least 4 members (excludes halogenated alkanes) is 18. The molecule has 12 heteroatoms. The van der Waals surface area contributed by atoms with Gasteiger partial charge in [-0.15, -0.1) is 0 Å². The molecule has 0 saturated carbocycles. The summed E-state index contributed by atoms with van der Waals surface area (Å²) in [5.74, 6) is -3.24. The molecular formula is C69H110O12. The number of carbonyl (C=O) groups is 4. The molecule has 1 fully saturated rings. The van der Waals surface area contributed by atoms with E-state index in [-0.39, 0.29) is 25.9 Å². The molecule has 0 bridgehead atoms. The van der Waals surface area contributed by atoms with Gasteiger partial charge in [-0.3, -0.25) is 14.4 Å². The number of allylic oxidation sites excluding steroid dienone is 20. The predicted molar refractivity (Wildman–Crippen MR) is 330 cm³/mol. The number of aliphatic carboxylic acids is 1. The van der Waals surface area contributed by atoms with E-state index in [0.29, 0.717) is 25.7 Å². The zero-order chi connectivity index (χ0) is 58.9. The fourth-order valence-corrected chi connectivity index (χ4v) is 8.74. The molecule has 458 valence electrons. The third-order valence-corrected chi connectivity index (χ3v) is 13.5. The molecule has 0 radical (unpaired) electrons. The first-order valence-corrected chi connectivity index (χ1v) is 31.5. The Morgan fingerprint density at radius 3 is 1.23 bits per heavy atom. The number of hydrogen-bond acceptors (Lipinski definition) is 11. The van der Waals surface area contributed by atoms with Crippen LogP contribution < -0.4 is 0 Å². The van der Waals surface area contributed by atoms with Crippen LogP contribution in [0, 0.1) is 0 Å². The highest BCUT2D eigenvalue weighted by Crippen LogP contribution is 2.26. The molecular weight excluding hydrogens is 1020 g/mol. The number of carboxylic acids is 1. The first-order valence-electron chi connectivity index (χ1n) is 31.5. The molecule has 0 aromatic heterocycles. The van der Waals surface area contributed by atoms with Gasteiger partial charge < -0.3 is 39.0 Å². The first-order chi connectivity index (χ1) is 39.6. The monoisotopic (exact) mass is 1130 g/mol. The third-order valence-electron chi connectivity index (χ3n) is 13.5. The smallest absolute Gasteiger partial charge is 0.335 e. The Morgan fingerprint density at radius 1 is 0.420 bits per heavy atom. The van der Waals surface area contributed by atoms with Crippen molar-refractivity contribution in [3.63, 3.8) is 0 Å². The quantitative estimate of drug-likeness (QED) is 0.0228. The Labute approximate surface area is 490 Å². The number of carboxylic acid groups (broad SMARTS) is 1. The summed E-state index contributed by atoms with van der Waals surface area (Å²) in [4.78, 5) is 51.3. The average Bonchev–Trinajstić information content (AvgIpc) is 3.52. The van der Waals surface area contributed by atoms with E-state index in [9.17, 15) is 34.5 Å². The Hall–Kier alpha value is -4.88. The minimum atomic E-state index is -1.92. The molecule has 0 amide bonds. The van der Waals surface area contributed by atoms with Gasteiger partial charge in [0.25, 0.3) is 0 Å². The summed E-state index contributed by atoms with van der Waals surface area (Å²) in [5.41, 5.74) is 0. The normalized spacial score (nSPS) is 18.6. The second-order valence-electron chi connectivity index (χ2n) is 20.9. The Kier molecular flexibility index (Phi) is 50.9. The van der Waals surface area contributed by atoms with Crippen molar-refractivity contribution in [2.75, 3.05) is 13.2 Å². The van der Waals surface area contributed by atoms with Crippen LogP contribution in [0.15, 0.2) is 122 Å². The molecule has 1 aliphatic heterocycles. The molecule has 1 heterocycles. The fourth-order valence-electron chi connectivity index (χ4n) is 8.74. The van der Waals surface area contributed by atoms with Gasteiger partial charge in [-0.2, -0.15) is 0 Å². The van der Waals surface area contributed by atoms with E-state index in [2.05, 4.69) is 130 Å². The maximum atomic E-state index is 13.2. The van der Waals surface area contributed by atoms with E-state index in [1.165, 1.54) is 38.5 Å². The molecule has 81 heavy (non-hydrogen) atoms. The van der Waals surface area contributed by atoms with Crippen LogP contribution in [0.25, 0.3) is 0 Å². The largest absolute Gasteiger partial charge is 0.479 e. The lowest BCUT2D eigenvalue weighted by Crippen LogP contribution is -2.61. The van der Waals surface area contributed by atoms with Gasteiger partial charge in [-0.25, -0.2) is 4.79 Å². The van der Waals surface area contributed by atoms with Crippen LogP contribution in [0.2, 0.25) is 0 Å². The number of rotatable bonds is 52. The molecule has 0 spiro atoms. The summed E-state index contributed by atoms with van der Waals surface area (Å²) in [6, 6.07) is 0. The summed E-state index contributed by atoms with van der Waals surface area (Å²) in [6.45, 7) is 5.70. The van der Waals surface area contributed by atoms with Crippen LogP contribution >= 0.6 is 0 Å². The van der Waals surface area contributed by atoms with E-state index in [0.717, 1.165) is 135 Å². The number of carbonyl (C=O) groups excluding carboxylic acids is 3. The van der Waals surface area contributed by atoms with Crippen molar-refractivity contribution < 1.29 is 58.2 Å². The Bertz CT molecular complexity index is 1870. The molecule has 1 aliphatic rings. The lowest BCUT2D eigenvalue weighted by atomic mass is 9.98. The van der Waals surface area contributed by atoms with E-state index < -0.39 is 67.3 Å². The van der Waals surface area contributed by atoms with Crippen molar-refractivity contribution in [2.24, 2.45) is 0 Å². The number of hydrogen-bond donors (Lipinski definition) is 3. The molecule has 0 aromatic carbocycles. The number of aliphatic hydroxyl groups excluding tert-OH is 2. The average molecular weight is 1130 g/mol. The highest BCUT2D eigenvalue weighted by atomic mass is 16.7. The molecule has 0 aliphatic carbocycles. The predicted octanol–water partition coefficient (Wildman–Crippen LogP) is 16.8. The second-order valence-corrected chi connectivity index (χ2v) is 20.9. The van der Waals surface area contributed by atoms with Gasteiger partial charge in [0.15, 0.2) is 24.6 Å². The van der Waals surface area contributed by atoms with Crippen molar-refractivity contribution in [1.29, 1.82) is 0 Å². The van der Waals surface area contributed by atoms with Crippen molar-refractivity contribution in [1.82, 2.24) is 0 Å². The molecule has 3 N–H and O–H groups in total. The van der Waals surface area contributed by atoms with Crippen LogP contribution in [-0.2, 0) is 42.9 Å². The van der Waals surface area contributed by atoms with Crippen molar-refractivity contribution in [2.45, 2.75) is 276 Å². The molecule has 1 rings (SSSR count). The SMILES string of the molecule is CC/C=C\C/C=C\C/C=C\C/C=C\C/C=C\CCCC(=O)OC(COC(=O)CCCCCCCC/C=C\C/C=C\C/C=C\C/C=C\CC)COC1OC(C(=O)O)C(O)C(O)C1OC(=O)CCCCCCC/C=C\CCCCCCCC. The summed E-state index contributed by atoms with van der Waals surface area (Å²) in [7, 11) is 0. The number of aliphatic hydroxyl groups is 2. The maximum Gasteiger partial charge on any atom is 0.335 e. The van der Waals surface area contributed by atoms with Crippen molar-refractivity contribution in [3.05, 3.63) is 122 Å². The molecule has 0 aromatic rings. The minimum absolute atomic E-state index is 0.0368. The summed E-state index contributed by atoms with van der Waals surface area (Å²) in [5, 5.41) is 31.6. The van der Waals surface area contributed by atoms with E-state index in [1.54, 1.807) is 0 Å². The van der Waals surface area contributed by atoms with Gasteiger partial charge in [0.05, 0.1) is 6.61 Å². The van der Waals surface area contributed by atoms with Gasteiger partial charge in [-0.1, -0.05) is 219 Å². The highest BCUT2D eigenvalue weighted by Gasteiger charge is 2.50. The van der Waals surface area contributed by atoms with Crippen LogP contribution in [0.3, 0.4) is 0 Å². The number of esters is 3. The Morgan fingerprint density at radius 2 is 0.790 bits per heavy atom. The standard InChI is InChI=1S/C69H110O12/c1-4-7-10-13-16-19-22-25-28-30-31-33-35-37-40-43-46-49-52-55-61(70)77-58-60(79-62(71)56-53-50-47-44-41-39-36-32-29-26-23-20-17-14-11-8-5-2)59-78-69-67(65(74)64(73)66(81-69)68(75)76)80-63(72)57-54-51-48-45-42-38-34-27-24-21-18-15-12-9-6-3/h7-8,10-11,16-17,19-20,25-29,31,33-34,36,39,44,47,60,64-67,69,73-74H,4-6,9,12-15,18,21-24,30,32,35,37-38,40-43,45-46,48-59H2,1-3H3,(H,75,76)/b10-7-,11-8-,19-16-,20-17-,28-25-,29-26-,33-31-,34-27-,39-36-,47-44-. The summed E-state index contributed by atoms with van der Waals surface area (Å²) in [6.07, 6.45) is 64.5. The van der Waals surface area contributed by atoms with Gasteiger partial charge in [0, 0.05) is 19.3 Å². The van der Waals surface area contributed by atoms with Crippen LogP contribution in [0.1, 0.15) is 239 Å². The molecule has 6 atom stereocenters. The zero-order valence-electron chi connectivity index (χ0n) is 50.5. The third kappa shape index (κ3) is 45.3. The van der Waals surface area contributed by atoms with Crippen LogP contribution in [0.5, 0.6) is 0 Å². The van der Waals surface area contributed by atoms with Gasteiger partial charge in [0.2, 0.25) is 0 Å². The molecule has 6 unspecified atom stereocenters. The minimum Gasteiger partial charge on any atom is -0.479 e. The van der Waals surface area contributed by atoms with Crippen molar-refractivity contribution >= 4 is 23.9 Å². The molecule has 12 nitrogen and oxygen atoms in total. The maximum absolute atomic E-state index is 13.2. The van der Waals surface area contributed by atoms with Crippen LogP contribution in [0.4, 0.5) is 0 Å². The Balaban J connectivity index is 2.73. The number of ether oxygens (including phenoxy) is 5. The van der Waals surface area contributed by atoms with Gasteiger partial charge >= 0.3 is 23.9 Å². The lowest BCUT2D eigenvalue weighted by Gasteiger charge is -2.40. The molecule has 1 saturated heterocycles. The van der Waals surface area contributed by atoms with Crippen molar-refractivity contribution in [3.8, 4) is 0 Å². The first kappa shape index (κ1) is 74.1. The highest BCUT2D eigenvalue weighted by molar-refractivity contribution is 5.74. The summed E-state index contributed by atoms with van der Waals surface area (Å²) >= 11 is 0.